The van der Waals surface area contributed by atoms with Crippen LogP contribution in [0.5, 0.6) is 0 Å². The Morgan fingerprint density at radius 2 is 2.00 bits per heavy atom. The summed E-state index contributed by atoms with van der Waals surface area (Å²) in [6, 6.07) is 14.0. The summed E-state index contributed by atoms with van der Waals surface area (Å²) >= 11 is 0. The van der Waals surface area contributed by atoms with Crippen LogP contribution in [0.4, 0.5) is 11.4 Å². The van der Waals surface area contributed by atoms with Crippen molar-refractivity contribution in [3.8, 4) is 0 Å². The van der Waals surface area contributed by atoms with Crippen LogP contribution < -0.4 is 11.1 Å². The lowest BCUT2D eigenvalue weighted by atomic mass is 9.98. The van der Waals surface area contributed by atoms with Gasteiger partial charge in [0, 0.05) is 24.5 Å². The fraction of sp³-hybridized carbons (Fsp3) is 0.350. The van der Waals surface area contributed by atoms with Crippen molar-refractivity contribution in [2.75, 3.05) is 17.6 Å². The van der Waals surface area contributed by atoms with Crippen LogP contribution in [0.1, 0.15) is 30.5 Å². The summed E-state index contributed by atoms with van der Waals surface area (Å²) in [6.45, 7) is 5.76. The van der Waals surface area contributed by atoms with Crippen molar-refractivity contribution in [1.82, 2.24) is 4.90 Å². The number of nitrogens with two attached hydrogens (primary N) is 1. The number of benzene rings is 2. The quantitative estimate of drug-likeness (QED) is 0.850. The zero-order valence-corrected chi connectivity index (χ0v) is 14.4. The Kier molecular flexibility index (Phi) is 4.86. The molecular weight excluding hydrogens is 298 g/mol. The first-order valence-electron chi connectivity index (χ1n) is 8.58. The molecule has 1 heterocycles. The molecule has 4 nitrogen and oxygen atoms in total. The van der Waals surface area contributed by atoms with Gasteiger partial charge < -0.3 is 11.1 Å². The van der Waals surface area contributed by atoms with Crippen LogP contribution >= 0.6 is 0 Å². The van der Waals surface area contributed by atoms with Gasteiger partial charge in [0.05, 0.1) is 6.04 Å². The lowest BCUT2D eigenvalue weighted by molar-refractivity contribution is -0.121. The van der Waals surface area contributed by atoms with Gasteiger partial charge in [-0.05, 0) is 48.6 Å². The molecule has 2 aromatic carbocycles. The smallest absolute Gasteiger partial charge is 0.241 e. The van der Waals surface area contributed by atoms with Crippen LogP contribution in [0.2, 0.25) is 0 Å². The average Bonchev–Trinajstić information content (AvgIpc) is 2.60. The molecule has 0 saturated carbocycles. The third-order valence-corrected chi connectivity index (χ3v) is 4.88. The first kappa shape index (κ1) is 16.5. The molecule has 3 N–H and O–H groups in total. The minimum Gasteiger partial charge on any atom is -0.398 e. The molecule has 1 unspecified atom stereocenters. The number of anilines is 2. The fourth-order valence-electron chi connectivity index (χ4n) is 3.26. The summed E-state index contributed by atoms with van der Waals surface area (Å²) in [6.07, 6.45) is 1.88. The van der Waals surface area contributed by atoms with Gasteiger partial charge in [-0.3, -0.25) is 9.69 Å². The van der Waals surface area contributed by atoms with E-state index in [2.05, 4.69) is 41.4 Å². The molecule has 0 radical (unpaired) electrons. The number of carbonyl (C=O) groups is 1. The number of hydrogen-bond acceptors (Lipinski definition) is 3. The van der Waals surface area contributed by atoms with Gasteiger partial charge in [0.25, 0.3) is 0 Å². The minimum absolute atomic E-state index is 0.0121. The number of nitrogens with zero attached hydrogens (tertiary/aromatic N) is 1. The zero-order chi connectivity index (χ0) is 17.1. The van der Waals surface area contributed by atoms with Crippen LogP contribution in [0.25, 0.3) is 0 Å². The third kappa shape index (κ3) is 3.44. The molecule has 1 aliphatic rings. The Labute approximate surface area is 143 Å². The monoisotopic (exact) mass is 323 g/mol. The highest BCUT2D eigenvalue weighted by molar-refractivity contribution is 5.95. The number of aryl methyl sites for hydroxylation is 1. The Morgan fingerprint density at radius 1 is 1.25 bits per heavy atom. The van der Waals surface area contributed by atoms with Crippen LogP contribution in [-0.4, -0.2) is 23.4 Å². The predicted molar refractivity (Wildman–Crippen MR) is 98.9 cm³/mol. The van der Waals surface area contributed by atoms with E-state index in [-0.39, 0.29) is 11.9 Å². The summed E-state index contributed by atoms with van der Waals surface area (Å²) in [4.78, 5) is 14.8. The fourth-order valence-corrected chi connectivity index (χ4v) is 3.26. The molecule has 126 valence electrons. The third-order valence-electron chi connectivity index (χ3n) is 4.88. The molecule has 0 aromatic heterocycles. The van der Waals surface area contributed by atoms with Gasteiger partial charge in [-0.25, -0.2) is 0 Å². The summed E-state index contributed by atoms with van der Waals surface area (Å²) < 4.78 is 0. The highest BCUT2D eigenvalue weighted by Crippen LogP contribution is 2.22. The van der Waals surface area contributed by atoms with Crippen molar-refractivity contribution in [2.24, 2.45) is 0 Å². The van der Waals surface area contributed by atoms with E-state index in [4.69, 9.17) is 5.73 Å². The van der Waals surface area contributed by atoms with Gasteiger partial charge in [0.1, 0.15) is 0 Å². The molecule has 1 atom stereocenters. The van der Waals surface area contributed by atoms with Crippen molar-refractivity contribution >= 4 is 17.3 Å². The van der Waals surface area contributed by atoms with Gasteiger partial charge >= 0.3 is 0 Å². The van der Waals surface area contributed by atoms with E-state index < -0.39 is 0 Å². The Morgan fingerprint density at radius 3 is 2.71 bits per heavy atom. The van der Waals surface area contributed by atoms with Crippen LogP contribution in [0.3, 0.4) is 0 Å². The van der Waals surface area contributed by atoms with Crippen molar-refractivity contribution in [2.45, 2.75) is 39.3 Å². The molecule has 2 aromatic rings. The number of amides is 1. The van der Waals surface area contributed by atoms with E-state index in [1.54, 1.807) is 0 Å². The van der Waals surface area contributed by atoms with E-state index in [9.17, 15) is 4.79 Å². The molecule has 0 bridgehead atoms. The summed E-state index contributed by atoms with van der Waals surface area (Å²) in [5.41, 5.74) is 11.3. The molecule has 0 aliphatic carbocycles. The Hall–Kier alpha value is -2.33. The topological polar surface area (TPSA) is 58.4 Å². The highest BCUT2D eigenvalue weighted by atomic mass is 16.2. The molecule has 3 rings (SSSR count). The zero-order valence-electron chi connectivity index (χ0n) is 14.4. The standard InChI is InChI=1S/C20H25N3O/c1-3-15-8-9-18(12-19(15)21)22-20(24)14(2)23-11-10-16-6-4-5-7-17(16)13-23/h4-9,12,14H,3,10-11,13,21H2,1-2H3,(H,22,24). The number of nitrogen functional groups attached to an aromatic ring is 1. The van der Waals surface area contributed by atoms with Gasteiger partial charge in [-0.1, -0.05) is 37.3 Å². The number of rotatable bonds is 4. The van der Waals surface area contributed by atoms with Crippen LogP contribution in [0.15, 0.2) is 42.5 Å². The van der Waals surface area contributed by atoms with Crippen molar-refractivity contribution < 1.29 is 4.79 Å². The summed E-state index contributed by atoms with van der Waals surface area (Å²) in [5.74, 6) is 0.0121. The predicted octanol–water partition coefficient (Wildman–Crippen LogP) is 3.22. The lowest BCUT2D eigenvalue weighted by Crippen LogP contribution is -2.44. The van der Waals surface area contributed by atoms with Crippen LogP contribution in [-0.2, 0) is 24.2 Å². The maximum absolute atomic E-state index is 12.6. The number of fused-ring (bicyclic) bond motifs is 1. The summed E-state index contributed by atoms with van der Waals surface area (Å²) in [5, 5.41) is 2.99. The second kappa shape index (κ2) is 7.05. The SMILES string of the molecule is CCc1ccc(NC(=O)C(C)N2CCc3ccccc3C2)cc1N. The number of hydrogen-bond donors (Lipinski definition) is 2. The summed E-state index contributed by atoms with van der Waals surface area (Å²) in [7, 11) is 0. The minimum atomic E-state index is -0.176. The first-order valence-corrected chi connectivity index (χ1v) is 8.58. The maximum Gasteiger partial charge on any atom is 0.241 e. The van der Waals surface area contributed by atoms with Crippen molar-refractivity contribution in [3.63, 3.8) is 0 Å². The normalized spacial score (nSPS) is 15.6. The van der Waals surface area contributed by atoms with Gasteiger partial charge in [0.15, 0.2) is 0 Å². The second-order valence-corrected chi connectivity index (χ2v) is 6.42. The van der Waals surface area contributed by atoms with E-state index in [0.29, 0.717) is 0 Å². The highest BCUT2D eigenvalue weighted by Gasteiger charge is 2.25. The maximum atomic E-state index is 12.6. The Balaban J connectivity index is 1.66. The lowest BCUT2D eigenvalue weighted by Gasteiger charge is -2.32. The molecule has 0 saturated heterocycles. The van der Waals surface area contributed by atoms with Gasteiger partial charge in [-0.2, -0.15) is 0 Å². The van der Waals surface area contributed by atoms with Crippen LogP contribution in [0, 0.1) is 0 Å². The average molecular weight is 323 g/mol. The molecule has 1 amide bonds. The van der Waals surface area contributed by atoms with E-state index >= 15 is 0 Å². The van der Waals surface area contributed by atoms with Crippen molar-refractivity contribution in [3.05, 3.63) is 59.2 Å². The molecule has 4 heteroatoms. The largest absolute Gasteiger partial charge is 0.398 e. The van der Waals surface area contributed by atoms with Gasteiger partial charge in [0.2, 0.25) is 5.91 Å². The first-order chi connectivity index (χ1) is 11.6. The second-order valence-electron chi connectivity index (χ2n) is 6.42. The van der Waals surface area contributed by atoms with E-state index in [0.717, 1.165) is 42.9 Å². The van der Waals surface area contributed by atoms with E-state index in [1.165, 1.54) is 11.1 Å². The van der Waals surface area contributed by atoms with Crippen molar-refractivity contribution in [1.29, 1.82) is 0 Å². The number of nitrogens with one attached hydrogen (secondary N) is 1. The molecule has 0 spiro atoms. The van der Waals surface area contributed by atoms with E-state index in [1.807, 2.05) is 25.1 Å². The molecular formula is C20H25N3O. The molecule has 0 fully saturated rings. The van der Waals surface area contributed by atoms with Gasteiger partial charge in [-0.15, -0.1) is 0 Å². The Bertz CT molecular complexity index is 741. The molecule has 1 aliphatic heterocycles. The number of carbonyl (C=O) groups excluding carboxylic acids is 1. The molecule has 24 heavy (non-hydrogen) atoms.